The number of nitrogens with two attached hydrogens (primary N) is 1. The number of carbonyl (C=O) groups is 1. The highest BCUT2D eigenvalue weighted by Gasteiger charge is 2.29. The zero-order valence-corrected chi connectivity index (χ0v) is 15.6. The average Bonchev–Trinajstić information content (AvgIpc) is 3.28. The number of phenolic OH excluding ortho intramolecular Hbond substituents is 1. The summed E-state index contributed by atoms with van der Waals surface area (Å²) >= 11 is 0. The third-order valence-corrected chi connectivity index (χ3v) is 5.13. The van der Waals surface area contributed by atoms with Crippen LogP contribution in [-0.4, -0.2) is 44.8 Å². The van der Waals surface area contributed by atoms with Crippen LogP contribution < -0.4 is 11.1 Å². The van der Waals surface area contributed by atoms with E-state index in [0.29, 0.717) is 18.8 Å². The minimum atomic E-state index is -0.186. The van der Waals surface area contributed by atoms with Crippen LogP contribution in [-0.2, 0) is 9.53 Å². The number of nitrogens with one attached hydrogen (secondary N) is 1. The summed E-state index contributed by atoms with van der Waals surface area (Å²) in [5, 5.41) is 13.8. The van der Waals surface area contributed by atoms with Crippen LogP contribution in [0.15, 0.2) is 36.8 Å². The van der Waals surface area contributed by atoms with Crippen molar-refractivity contribution in [3.8, 4) is 16.9 Å². The maximum Gasteiger partial charge on any atom is 0.307 e. The molecule has 3 aromatic rings. The monoisotopic (exact) mass is 381 g/mol. The van der Waals surface area contributed by atoms with Gasteiger partial charge in [0.1, 0.15) is 23.5 Å². The van der Waals surface area contributed by atoms with Gasteiger partial charge >= 0.3 is 5.97 Å². The molecule has 1 fully saturated rings. The number of esters is 1. The number of nitrogen functional groups attached to an aromatic ring is 1. The number of phenols is 1. The topological polar surface area (TPSA) is 115 Å². The van der Waals surface area contributed by atoms with Crippen molar-refractivity contribution in [2.45, 2.75) is 31.8 Å². The van der Waals surface area contributed by atoms with E-state index in [2.05, 4.69) is 19.9 Å². The Morgan fingerprint density at radius 2 is 2.14 bits per heavy atom. The van der Waals surface area contributed by atoms with E-state index in [9.17, 15) is 9.90 Å². The first-order valence-corrected chi connectivity index (χ1v) is 9.36. The number of benzene rings is 1. The van der Waals surface area contributed by atoms with Gasteiger partial charge in [-0.25, -0.2) is 9.97 Å². The highest BCUT2D eigenvalue weighted by Crippen LogP contribution is 2.36. The summed E-state index contributed by atoms with van der Waals surface area (Å²) in [4.78, 5) is 20.4. The Bertz CT molecular complexity index is 999. The Labute approximate surface area is 162 Å². The normalized spacial score (nSPS) is 19.2. The van der Waals surface area contributed by atoms with Gasteiger partial charge in [0.2, 0.25) is 0 Å². The number of aromatic hydroxyl groups is 1. The second-order valence-corrected chi connectivity index (χ2v) is 6.96. The average molecular weight is 381 g/mol. The van der Waals surface area contributed by atoms with Crippen molar-refractivity contribution in [1.29, 1.82) is 0 Å². The second-order valence-electron chi connectivity index (χ2n) is 6.96. The molecule has 0 amide bonds. The summed E-state index contributed by atoms with van der Waals surface area (Å²) in [6.45, 7) is 2.93. The molecule has 2 aromatic heterocycles. The third-order valence-electron chi connectivity index (χ3n) is 5.13. The van der Waals surface area contributed by atoms with Crippen molar-refractivity contribution in [2.24, 2.45) is 0 Å². The van der Waals surface area contributed by atoms with Crippen molar-refractivity contribution >= 4 is 22.8 Å². The molecule has 3 heterocycles. The molecule has 0 aliphatic carbocycles. The van der Waals surface area contributed by atoms with E-state index >= 15 is 0 Å². The number of ether oxygens (including phenoxy) is 1. The maximum atomic E-state index is 11.8. The van der Waals surface area contributed by atoms with Crippen LogP contribution >= 0.6 is 0 Å². The number of fused-ring (bicyclic) bond motifs is 1. The fourth-order valence-corrected chi connectivity index (χ4v) is 3.83. The van der Waals surface area contributed by atoms with Crippen molar-refractivity contribution < 1.29 is 14.6 Å². The van der Waals surface area contributed by atoms with Gasteiger partial charge < -0.3 is 25.5 Å². The molecule has 1 aromatic carbocycles. The van der Waals surface area contributed by atoms with Crippen LogP contribution in [0, 0.1) is 0 Å². The molecule has 0 unspecified atom stereocenters. The highest BCUT2D eigenvalue weighted by molar-refractivity contribution is 6.00. The molecule has 8 nitrogen and oxygen atoms in total. The minimum Gasteiger partial charge on any atom is -0.508 e. The fourth-order valence-electron chi connectivity index (χ4n) is 3.83. The Balaban J connectivity index is 1.68. The van der Waals surface area contributed by atoms with E-state index in [1.54, 1.807) is 12.1 Å². The maximum absolute atomic E-state index is 11.8. The number of rotatable bonds is 5. The molecule has 4 rings (SSSR count). The second kappa shape index (κ2) is 7.47. The third kappa shape index (κ3) is 3.38. The van der Waals surface area contributed by atoms with Gasteiger partial charge in [-0.3, -0.25) is 4.79 Å². The molecule has 0 radical (unpaired) electrons. The molecule has 0 bridgehead atoms. The lowest BCUT2D eigenvalue weighted by Crippen LogP contribution is -2.25. The SMILES string of the molecule is CCOC(=O)C[C@@H]1C[C@H](n2cc(-c3ccc(O)cc3)c3c(N)ncnc32)CN1. The summed E-state index contributed by atoms with van der Waals surface area (Å²) in [6, 6.07) is 7.19. The summed E-state index contributed by atoms with van der Waals surface area (Å²) in [5.41, 5.74) is 8.78. The Kier molecular flexibility index (Phi) is 4.87. The zero-order valence-electron chi connectivity index (χ0n) is 15.6. The first-order chi connectivity index (χ1) is 13.6. The Morgan fingerprint density at radius 1 is 1.36 bits per heavy atom. The predicted octanol–water partition coefficient (Wildman–Crippen LogP) is 2.24. The molecule has 8 heteroatoms. The van der Waals surface area contributed by atoms with E-state index in [1.165, 1.54) is 6.33 Å². The van der Waals surface area contributed by atoms with Crippen molar-refractivity contribution in [3.05, 3.63) is 36.8 Å². The number of anilines is 1. The lowest BCUT2D eigenvalue weighted by atomic mass is 10.1. The molecule has 1 saturated heterocycles. The molecule has 4 N–H and O–H groups in total. The molecule has 2 atom stereocenters. The summed E-state index contributed by atoms with van der Waals surface area (Å²) in [7, 11) is 0. The summed E-state index contributed by atoms with van der Waals surface area (Å²) < 4.78 is 7.16. The Morgan fingerprint density at radius 3 is 2.89 bits per heavy atom. The van der Waals surface area contributed by atoms with Gasteiger partial charge in [-0.1, -0.05) is 12.1 Å². The molecule has 1 aliphatic rings. The Hall–Kier alpha value is -3.13. The van der Waals surface area contributed by atoms with E-state index in [1.807, 2.05) is 25.3 Å². The number of hydrogen-bond acceptors (Lipinski definition) is 7. The van der Waals surface area contributed by atoms with Gasteiger partial charge in [0.15, 0.2) is 0 Å². The van der Waals surface area contributed by atoms with Crippen molar-refractivity contribution in [1.82, 2.24) is 19.9 Å². The van der Waals surface area contributed by atoms with Crippen LogP contribution in [0.3, 0.4) is 0 Å². The van der Waals surface area contributed by atoms with Crippen LogP contribution in [0.1, 0.15) is 25.8 Å². The van der Waals surface area contributed by atoms with Crippen LogP contribution in [0.2, 0.25) is 0 Å². The van der Waals surface area contributed by atoms with Gasteiger partial charge in [-0.15, -0.1) is 0 Å². The van der Waals surface area contributed by atoms with Gasteiger partial charge in [0.05, 0.1) is 18.4 Å². The standard InChI is InChI=1S/C20H23N5O3/c1-2-28-17(27)8-13-7-14(9-22-13)25-10-16(12-3-5-15(26)6-4-12)18-19(21)23-11-24-20(18)25/h3-6,10-11,13-14,22,26H,2,7-9H2,1H3,(H2,21,23,24)/t13-,14-/m0/s1. The molecular weight excluding hydrogens is 358 g/mol. The first kappa shape index (κ1) is 18.2. The molecule has 28 heavy (non-hydrogen) atoms. The lowest BCUT2D eigenvalue weighted by molar-refractivity contribution is -0.143. The summed E-state index contributed by atoms with van der Waals surface area (Å²) in [5.74, 6) is 0.439. The first-order valence-electron chi connectivity index (χ1n) is 9.36. The zero-order chi connectivity index (χ0) is 19.7. The minimum absolute atomic E-state index is 0.0674. The molecule has 146 valence electrons. The van der Waals surface area contributed by atoms with Crippen LogP contribution in [0.5, 0.6) is 5.75 Å². The van der Waals surface area contributed by atoms with E-state index in [0.717, 1.165) is 35.1 Å². The quantitative estimate of drug-likeness (QED) is 0.581. The van der Waals surface area contributed by atoms with Gasteiger partial charge in [0.25, 0.3) is 0 Å². The van der Waals surface area contributed by atoms with Gasteiger partial charge in [-0.2, -0.15) is 0 Å². The molecule has 0 spiro atoms. The van der Waals surface area contributed by atoms with Crippen LogP contribution in [0.4, 0.5) is 5.82 Å². The van der Waals surface area contributed by atoms with E-state index in [-0.39, 0.29) is 23.8 Å². The van der Waals surface area contributed by atoms with Crippen molar-refractivity contribution in [3.63, 3.8) is 0 Å². The smallest absolute Gasteiger partial charge is 0.307 e. The molecular formula is C20H23N5O3. The molecule has 1 aliphatic heterocycles. The lowest BCUT2D eigenvalue weighted by Gasteiger charge is -2.13. The van der Waals surface area contributed by atoms with Crippen LogP contribution in [0.25, 0.3) is 22.2 Å². The molecule has 0 saturated carbocycles. The number of carbonyl (C=O) groups excluding carboxylic acids is 1. The number of aromatic nitrogens is 3. The van der Waals surface area contributed by atoms with Crippen molar-refractivity contribution in [2.75, 3.05) is 18.9 Å². The largest absolute Gasteiger partial charge is 0.508 e. The summed E-state index contributed by atoms with van der Waals surface area (Å²) in [6.07, 6.45) is 4.64. The predicted molar refractivity (Wildman–Crippen MR) is 106 cm³/mol. The van der Waals surface area contributed by atoms with Gasteiger partial charge in [-0.05, 0) is 31.0 Å². The number of hydrogen-bond donors (Lipinski definition) is 3. The highest BCUT2D eigenvalue weighted by atomic mass is 16.5. The van der Waals surface area contributed by atoms with E-state index < -0.39 is 0 Å². The van der Waals surface area contributed by atoms with Gasteiger partial charge in [0, 0.05) is 30.4 Å². The van der Waals surface area contributed by atoms with E-state index in [4.69, 9.17) is 10.5 Å². The fraction of sp³-hybridized carbons (Fsp3) is 0.350. The number of nitrogens with zero attached hydrogens (tertiary/aromatic N) is 3.